The fourth-order valence-corrected chi connectivity index (χ4v) is 8.26. The van der Waals surface area contributed by atoms with E-state index in [2.05, 4.69) is 5.32 Å². The average molecular weight is 575 g/mol. The summed E-state index contributed by atoms with van der Waals surface area (Å²) in [6.07, 6.45) is 3.58. The number of benzene rings is 2. The number of carbonyl (C=O) groups is 1. The third-order valence-corrected chi connectivity index (χ3v) is 11.2. The van der Waals surface area contributed by atoms with E-state index in [9.17, 15) is 21.6 Å². The van der Waals surface area contributed by atoms with E-state index in [4.69, 9.17) is 23.2 Å². The van der Waals surface area contributed by atoms with Crippen LogP contribution in [0.1, 0.15) is 37.7 Å². The molecule has 2 aromatic carbocycles. The molecule has 0 radical (unpaired) electrons. The van der Waals surface area contributed by atoms with Gasteiger partial charge in [0.15, 0.2) is 0 Å². The normalized spacial score (nSPS) is 18.7. The van der Waals surface area contributed by atoms with Gasteiger partial charge in [-0.3, -0.25) is 4.79 Å². The number of halogens is 2. The zero-order valence-corrected chi connectivity index (χ0v) is 22.8. The maximum atomic E-state index is 13.0. The van der Waals surface area contributed by atoms with Gasteiger partial charge in [-0.1, -0.05) is 41.8 Å². The van der Waals surface area contributed by atoms with E-state index in [1.165, 1.54) is 26.8 Å². The SMILES string of the molecule is O=C(NCc1ccc(S(=O)(=O)N2CCCCC2)cc1)C1CCN(S(=O)(=O)c2cc(Cl)ccc2Cl)CC1. The molecule has 0 spiro atoms. The van der Waals surface area contributed by atoms with Gasteiger partial charge in [0.05, 0.1) is 9.92 Å². The van der Waals surface area contributed by atoms with Crippen molar-refractivity contribution in [2.24, 2.45) is 5.92 Å². The van der Waals surface area contributed by atoms with E-state index >= 15 is 0 Å². The minimum Gasteiger partial charge on any atom is -0.352 e. The Bertz CT molecular complexity index is 1300. The van der Waals surface area contributed by atoms with Crippen LogP contribution >= 0.6 is 23.2 Å². The molecule has 196 valence electrons. The molecule has 2 aliphatic rings. The number of hydrogen-bond acceptors (Lipinski definition) is 5. The highest BCUT2D eigenvalue weighted by Gasteiger charge is 2.33. The first-order valence-electron chi connectivity index (χ1n) is 11.9. The van der Waals surface area contributed by atoms with Gasteiger partial charge < -0.3 is 5.32 Å². The van der Waals surface area contributed by atoms with Gasteiger partial charge in [0.2, 0.25) is 26.0 Å². The standard InChI is InChI=1S/C24H29Cl2N3O5S2/c25-20-6-9-22(26)23(16-20)36(33,34)29-14-10-19(11-15-29)24(30)27-17-18-4-7-21(8-5-18)35(31,32)28-12-2-1-3-13-28/h4-9,16,19H,1-3,10-15,17H2,(H,27,30). The number of amides is 1. The number of nitrogens with one attached hydrogen (secondary N) is 1. The summed E-state index contributed by atoms with van der Waals surface area (Å²) < 4.78 is 54.4. The lowest BCUT2D eigenvalue weighted by molar-refractivity contribution is -0.126. The van der Waals surface area contributed by atoms with Crippen molar-refractivity contribution in [2.75, 3.05) is 26.2 Å². The van der Waals surface area contributed by atoms with Crippen molar-refractivity contribution in [1.82, 2.24) is 13.9 Å². The lowest BCUT2D eigenvalue weighted by Gasteiger charge is -2.30. The van der Waals surface area contributed by atoms with Crippen LogP contribution in [0.15, 0.2) is 52.3 Å². The Balaban J connectivity index is 1.30. The highest BCUT2D eigenvalue weighted by molar-refractivity contribution is 7.89. The molecular formula is C24H29Cl2N3O5S2. The molecule has 0 aliphatic carbocycles. The summed E-state index contributed by atoms with van der Waals surface area (Å²) in [5, 5.41) is 3.27. The quantitative estimate of drug-likeness (QED) is 0.541. The molecule has 1 N–H and O–H groups in total. The van der Waals surface area contributed by atoms with Crippen molar-refractivity contribution in [2.45, 2.75) is 48.4 Å². The smallest absolute Gasteiger partial charge is 0.244 e. The van der Waals surface area contributed by atoms with Crippen LogP contribution in [0.4, 0.5) is 0 Å². The van der Waals surface area contributed by atoms with Crippen molar-refractivity contribution in [1.29, 1.82) is 0 Å². The lowest BCUT2D eigenvalue weighted by Crippen LogP contribution is -2.42. The van der Waals surface area contributed by atoms with Gasteiger partial charge in [0.25, 0.3) is 0 Å². The van der Waals surface area contributed by atoms with Crippen molar-refractivity contribution in [3.05, 3.63) is 58.1 Å². The number of nitrogens with zero attached hydrogens (tertiary/aromatic N) is 2. The van der Waals surface area contributed by atoms with Crippen LogP contribution in [0, 0.1) is 5.92 Å². The molecular weight excluding hydrogens is 545 g/mol. The van der Waals surface area contributed by atoms with Gasteiger partial charge in [0, 0.05) is 43.7 Å². The van der Waals surface area contributed by atoms with E-state index < -0.39 is 20.0 Å². The third-order valence-electron chi connectivity index (χ3n) is 6.68. The van der Waals surface area contributed by atoms with E-state index in [-0.39, 0.29) is 51.3 Å². The zero-order valence-electron chi connectivity index (χ0n) is 19.7. The van der Waals surface area contributed by atoms with Gasteiger partial charge >= 0.3 is 0 Å². The summed E-state index contributed by atoms with van der Waals surface area (Å²) in [5.41, 5.74) is 0.788. The van der Waals surface area contributed by atoms with Gasteiger partial charge in [-0.2, -0.15) is 8.61 Å². The van der Waals surface area contributed by atoms with Crippen LogP contribution < -0.4 is 5.32 Å². The Kier molecular flexibility index (Phi) is 8.63. The number of carbonyl (C=O) groups excluding carboxylic acids is 1. The average Bonchev–Trinajstić information content (AvgIpc) is 2.89. The number of sulfonamides is 2. The molecule has 2 heterocycles. The molecule has 0 saturated carbocycles. The van der Waals surface area contributed by atoms with E-state index in [0.29, 0.717) is 25.9 Å². The second kappa shape index (κ2) is 11.4. The fraction of sp³-hybridized carbons (Fsp3) is 0.458. The first-order valence-corrected chi connectivity index (χ1v) is 15.5. The topological polar surface area (TPSA) is 104 Å². The minimum atomic E-state index is -3.81. The van der Waals surface area contributed by atoms with Crippen LogP contribution in [0.5, 0.6) is 0 Å². The highest BCUT2D eigenvalue weighted by Crippen LogP contribution is 2.30. The molecule has 0 bridgehead atoms. The molecule has 0 aromatic heterocycles. The highest BCUT2D eigenvalue weighted by atomic mass is 35.5. The molecule has 2 aromatic rings. The second-order valence-corrected chi connectivity index (χ2v) is 13.8. The van der Waals surface area contributed by atoms with Crippen LogP contribution in [-0.4, -0.2) is 57.5 Å². The van der Waals surface area contributed by atoms with E-state index in [0.717, 1.165) is 24.8 Å². The summed E-state index contributed by atoms with van der Waals surface area (Å²) in [6, 6.07) is 10.9. The Hall–Kier alpha value is -1.69. The van der Waals surface area contributed by atoms with Crippen LogP contribution in [-0.2, 0) is 31.4 Å². The molecule has 2 saturated heterocycles. The Morgan fingerprint density at radius 3 is 2.08 bits per heavy atom. The van der Waals surface area contributed by atoms with Gasteiger partial charge in [-0.25, -0.2) is 16.8 Å². The van der Waals surface area contributed by atoms with Crippen LogP contribution in [0.3, 0.4) is 0 Å². The first-order chi connectivity index (χ1) is 17.1. The molecule has 0 atom stereocenters. The van der Waals surface area contributed by atoms with Crippen LogP contribution in [0.25, 0.3) is 0 Å². The number of hydrogen-bond donors (Lipinski definition) is 1. The summed E-state index contributed by atoms with van der Waals surface area (Å²) in [7, 11) is -7.30. The van der Waals surface area contributed by atoms with Gasteiger partial charge in [0.1, 0.15) is 4.90 Å². The Labute approximate surface area is 222 Å². The van der Waals surface area contributed by atoms with Crippen molar-refractivity contribution >= 4 is 49.2 Å². The third kappa shape index (κ3) is 6.06. The van der Waals surface area contributed by atoms with Crippen molar-refractivity contribution in [3.63, 3.8) is 0 Å². The second-order valence-electron chi connectivity index (χ2n) is 9.08. The molecule has 36 heavy (non-hydrogen) atoms. The Morgan fingerprint density at radius 1 is 0.833 bits per heavy atom. The molecule has 12 heteroatoms. The van der Waals surface area contributed by atoms with E-state index in [1.807, 2.05) is 0 Å². The molecule has 8 nitrogen and oxygen atoms in total. The number of rotatable bonds is 7. The molecule has 2 aliphatic heterocycles. The predicted octanol–water partition coefficient (Wildman–Crippen LogP) is 3.89. The molecule has 4 rings (SSSR count). The van der Waals surface area contributed by atoms with E-state index in [1.54, 1.807) is 24.3 Å². The molecule has 0 unspecified atom stereocenters. The van der Waals surface area contributed by atoms with Crippen molar-refractivity contribution < 1.29 is 21.6 Å². The summed E-state index contributed by atoms with van der Waals surface area (Å²) in [5.74, 6) is -0.470. The minimum absolute atomic E-state index is 0.0367. The first kappa shape index (κ1) is 27.3. The van der Waals surface area contributed by atoms with Gasteiger partial charge in [-0.05, 0) is 61.6 Å². The maximum Gasteiger partial charge on any atom is 0.244 e. The lowest BCUT2D eigenvalue weighted by atomic mass is 9.97. The maximum absolute atomic E-state index is 13.0. The number of piperidine rings is 2. The van der Waals surface area contributed by atoms with Crippen molar-refractivity contribution in [3.8, 4) is 0 Å². The molecule has 1 amide bonds. The van der Waals surface area contributed by atoms with Crippen LogP contribution in [0.2, 0.25) is 10.0 Å². The van der Waals surface area contributed by atoms with Gasteiger partial charge in [-0.15, -0.1) is 0 Å². The summed E-state index contributed by atoms with van der Waals surface area (Å²) in [6.45, 7) is 1.76. The predicted molar refractivity (Wildman–Crippen MR) is 139 cm³/mol. The summed E-state index contributed by atoms with van der Waals surface area (Å²) in [4.78, 5) is 12.9. The largest absolute Gasteiger partial charge is 0.352 e. The molecule has 2 fully saturated rings. The fourth-order valence-electron chi connectivity index (χ4n) is 4.54. The monoisotopic (exact) mass is 573 g/mol. The Morgan fingerprint density at radius 2 is 1.44 bits per heavy atom. The summed E-state index contributed by atoms with van der Waals surface area (Å²) >= 11 is 12.0. The zero-order chi connectivity index (χ0) is 25.9.